The normalized spacial score (nSPS) is 9.11. The van der Waals surface area contributed by atoms with Gasteiger partial charge in [0.25, 0.3) is 0 Å². The minimum Gasteiger partial charge on any atom is -0.497 e. The second-order valence-corrected chi connectivity index (χ2v) is 1.91. The smallest absolute Gasteiger partial charge is 0.119 e. The molecule has 47 valence electrons. The molecule has 0 bridgehead atoms. The number of rotatable bonds is 1. The highest BCUT2D eigenvalue weighted by Gasteiger charge is 1.87. The lowest BCUT2D eigenvalue weighted by Crippen LogP contribution is -1.81. The predicted molar refractivity (Wildman–Crippen MR) is 36.6 cm³/mol. The molecule has 0 fully saturated rings. The summed E-state index contributed by atoms with van der Waals surface area (Å²) in [4.78, 5) is 0. The summed E-state index contributed by atoms with van der Waals surface area (Å²) in [6.07, 6.45) is 0. The molecular formula is C8H9O. The lowest BCUT2D eigenvalue weighted by atomic mass is 10.2. The van der Waals surface area contributed by atoms with Gasteiger partial charge in [-0.2, -0.15) is 0 Å². The van der Waals surface area contributed by atoms with E-state index in [1.807, 2.05) is 25.1 Å². The first-order valence-electron chi connectivity index (χ1n) is 2.85. The Morgan fingerprint density at radius 1 is 1.56 bits per heavy atom. The van der Waals surface area contributed by atoms with Crippen molar-refractivity contribution in [1.82, 2.24) is 0 Å². The van der Waals surface area contributed by atoms with Crippen molar-refractivity contribution in [2.45, 2.75) is 6.92 Å². The molecule has 9 heavy (non-hydrogen) atoms. The molecule has 0 N–H and O–H groups in total. The van der Waals surface area contributed by atoms with Crippen molar-refractivity contribution in [3.63, 3.8) is 0 Å². The first-order valence-corrected chi connectivity index (χ1v) is 2.85. The van der Waals surface area contributed by atoms with Gasteiger partial charge >= 0.3 is 0 Å². The SMILES string of the molecule is COc1cc[c]c(C)c1. The van der Waals surface area contributed by atoms with E-state index in [1.54, 1.807) is 7.11 Å². The Labute approximate surface area is 55.3 Å². The van der Waals surface area contributed by atoms with Gasteiger partial charge in [-0.05, 0) is 30.7 Å². The van der Waals surface area contributed by atoms with Crippen LogP contribution in [0.3, 0.4) is 0 Å². The first kappa shape index (κ1) is 6.14. The lowest BCUT2D eigenvalue weighted by Gasteiger charge is -1.97. The van der Waals surface area contributed by atoms with Gasteiger partial charge in [-0.25, -0.2) is 0 Å². The molecule has 0 saturated carbocycles. The molecule has 0 aliphatic carbocycles. The van der Waals surface area contributed by atoms with Crippen molar-refractivity contribution in [3.05, 3.63) is 29.8 Å². The average molecular weight is 121 g/mol. The second-order valence-electron chi connectivity index (χ2n) is 1.91. The van der Waals surface area contributed by atoms with E-state index in [4.69, 9.17) is 4.74 Å². The zero-order valence-electron chi connectivity index (χ0n) is 5.64. The Hall–Kier alpha value is -0.980. The van der Waals surface area contributed by atoms with Crippen LogP contribution in [0.5, 0.6) is 5.75 Å². The zero-order valence-corrected chi connectivity index (χ0v) is 5.64. The first-order chi connectivity index (χ1) is 4.33. The highest BCUT2D eigenvalue weighted by molar-refractivity contribution is 5.26. The minimum atomic E-state index is 0.895. The van der Waals surface area contributed by atoms with Crippen LogP contribution in [-0.4, -0.2) is 7.11 Å². The van der Waals surface area contributed by atoms with Gasteiger partial charge in [0.15, 0.2) is 0 Å². The lowest BCUT2D eigenvalue weighted by molar-refractivity contribution is 0.414. The van der Waals surface area contributed by atoms with E-state index >= 15 is 0 Å². The minimum absolute atomic E-state index is 0.895. The summed E-state index contributed by atoms with van der Waals surface area (Å²) in [6.45, 7) is 1.99. The quantitative estimate of drug-likeness (QED) is 0.550. The Balaban J connectivity index is 2.94. The average Bonchev–Trinajstić information content (AvgIpc) is 1.88. The third-order valence-electron chi connectivity index (χ3n) is 1.15. The molecule has 1 rings (SSSR count). The van der Waals surface area contributed by atoms with E-state index < -0.39 is 0 Å². The molecule has 0 aliphatic rings. The number of benzene rings is 1. The third-order valence-corrected chi connectivity index (χ3v) is 1.15. The number of hydrogen-bond acceptors (Lipinski definition) is 1. The summed E-state index contributed by atoms with van der Waals surface area (Å²) < 4.78 is 4.97. The topological polar surface area (TPSA) is 9.23 Å². The van der Waals surface area contributed by atoms with Gasteiger partial charge in [0.2, 0.25) is 0 Å². The molecule has 1 nitrogen and oxygen atoms in total. The molecule has 0 saturated heterocycles. The van der Waals surface area contributed by atoms with Gasteiger partial charge in [0.05, 0.1) is 7.11 Å². The summed E-state index contributed by atoms with van der Waals surface area (Å²) in [5.41, 5.74) is 1.11. The largest absolute Gasteiger partial charge is 0.497 e. The highest BCUT2D eigenvalue weighted by Crippen LogP contribution is 2.09. The van der Waals surface area contributed by atoms with Crippen molar-refractivity contribution >= 4 is 0 Å². The Bertz CT molecular complexity index is 194. The third kappa shape index (κ3) is 1.46. The number of methoxy groups -OCH3 is 1. The summed E-state index contributed by atoms with van der Waals surface area (Å²) >= 11 is 0. The molecule has 0 unspecified atom stereocenters. The van der Waals surface area contributed by atoms with Crippen LogP contribution in [0.4, 0.5) is 0 Å². The molecule has 0 spiro atoms. The maximum atomic E-state index is 4.97. The monoisotopic (exact) mass is 121 g/mol. The van der Waals surface area contributed by atoms with Crippen LogP contribution in [0.2, 0.25) is 0 Å². The molecule has 0 aromatic heterocycles. The van der Waals surface area contributed by atoms with E-state index in [2.05, 4.69) is 6.07 Å². The van der Waals surface area contributed by atoms with Crippen LogP contribution in [-0.2, 0) is 0 Å². The Morgan fingerprint density at radius 2 is 2.33 bits per heavy atom. The van der Waals surface area contributed by atoms with Gasteiger partial charge in [0.1, 0.15) is 5.75 Å². The van der Waals surface area contributed by atoms with Crippen LogP contribution in [0.15, 0.2) is 18.2 Å². The highest BCUT2D eigenvalue weighted by atomic mass is 16.5. The van der Waals surface area contributed by atoms with Crippen LogP contribution in [0, 0.1) is 13.0 Å². The van der Waals surface area contributed by atoms with Gasteiger partial charge in [-0.1, -0.05) is 6.07 Å². The summed E-state index contributed by atoms with van der Waals surface area (Å²) in [5, 5.41) is 0. The number of ether oxygens (including phenoxy) is 1. The molecule has 1 radical (unpaired) electrons. The van der Waals surface area contributed by atoms with Gasteiger partial charge < -0.3 is 4.74 Å². The number of aryl methyl sites for hydroxylation is 1. The van der Waals surface area contributed by atoms with Gasteiger partial charge in [-0.3, -0.25) is 0 Å². The van der Waals surface area contributed by atoms with E-state index in [0.29, 0.717) is 0 Å². The van der Waals surface area contributed by atoms with Gasteiger partial charge in [0, 0.05) is 0 Å². The van der Waals surface area contributed by atoms with Crippen LogP contribution in [0.25, 0.3) is 0 Å². The van der Waals surface area contributed by atoms with E-state index in [0.717, 1.165) is 11.3 Å². The van der Waals surface area contributed by atoms with Crippen molar-refractivity contribution < 1.29 is 4.74 Å². The molecule has 1 aromatic rings. The molecule has 0 atom stereocenters. The summed E-state index contributed by atoms with van der Waals surface area (Å²) in [6, 6.07) is 8.71. The van der Waals surface area contributed by atoms with Gasteiger partial charge in [-0.15, -0.1) is 0 Å². The Morgan fingerprint density at radius 3 is 2.78 bits per heavy atom. The van der Waals surface area contributed by atoms with E-state index in [9.17, 15) is 0 Å². The maximum Gasteiger partial charge on any atom is 0.119 e. The molecule has 0 amide bonds. The van der Waals surface area contributed by atoms with Crippen LogP contribution in [0.1, 0.15) is 5.56 Å². The fraction of sp³-hybridized carbons (Fsp3) is 0.250. The Kier molecular flexibility index (Phi) is 1.73. The summed E-state index contributed by atoms with van der Waals surface area (Å²) in [7, 11) is 1.66. The molecule has 1 aromatic carbocycles. The van der Waals surface area contributed by atoms with Crippen molar-refractivity contribution in [1.29, 1.82) is 0 Å². The molecule has 1 heteroatoms. The van der Waals surface area contributed by atoms with Crippen LogP contribution < -0.4 is 4.74 Å². The zero-order chi connectivity index (χ0) is 6.69. The molecule has 0 heterocycles. The van der Waals surface area contributed by atoms with Crippen molar-refractivity contribution in [2.75, 3.05) is 7.11 Å². The standard InChI is InChI=1S/C8H9O/c1-7-4-3-5-8(6-7)9-2/h3,5-6H,1-2H3. The summed E-state index contributed by atoms with van der Waals surface area (Å²) in [5.74, 6) is 0.895. The van der Waals surface area contributed by atoms with Crippen LogP contribution >= 0.6 is 0 Å². The van der Waals surface area contributed by atoms with E-state index in [1.165, 1.54) is 0 Å². The van der Waals surface area contributed by atoms with Crippen molar-refractivity contribution in [2.24, 2.45) is 0 Å². The fourth-order valence-electron chi connectivity index (χ4n) is 0.685. The molecule has 0 aliphatic heterocycles. The fourth-order valence-corrected chi connectivity index (χ4v) is 0.685. The molecular weight excluding hydrogens is 112 g/mol. The maximum absolute atomic E-state index is 4.97. The van der Waals surface area contributed by atoms with E-state index in [-0.39, 0.29) is 0 Å². The van der Waals surface area contributed by atoms with Crippen molar-refractivity contribution in [3.8, 4) is 5.75 Å². The second kappa shape index (κ2) is 2.53. The number of hydrogen-bond donors (Lipinski definition) is 0. The predicted octanol–water partition coefficient (Wildman–Crippen LogP) is 1.80.